The number of nitrogens with one attached hydrogen (secondary N) is 2. The van der Waals surface area contributed by atoms with E-state index in [0.717, 1.165) is 50.0 Å². The largest absolute Gasteiger partial charge is 0.487 e. The van der Waals surface area contributed by atoms with Crippen LogP contribution in [0.4, 0.5) is 4.79 Å². The molecule has 5 nitrogen and oxygen atoms in total. The lowest BCUT2D eigenvalue weighted by Crippen LogP contribution is -2.52. The maximum atomic E-state index is 12.5. The minimum Gasteiger partial charge on any atom is -0.487 e. The molecule has 1 spiro atoms. The predicted molar refractivity (Wildman–Crippen MR) is 91.1 cm³/mol. The number of hydrogen-bond acceptors (Lipinski definition) is 3. The number of benzene rings is 1. The Morgan fingerprint density at radius 2 is 2.12 bits per heavy atom. The van der Waals surface area contributed by atoms with Gasteiger partial charge in [0.2, 0.25) is 0 Å². The van der Waals surface area contributed by atoms with Crippen molar-refractivity contribution in [3.05, 3.63) is 29.8 Å². The molecule has 130 valence electrons. The smallest absolute Gasteiger partial charge is 0.315 e. The Kier molecular flexibility index (Phi) is 4.12. The highest BCUT2D eigenvalue weighted by molar-refractivity contribution is 5.75. The average molecular weight is 330 g/mol. The quantitative estimate of drug-likeness (QED) is 0.894. The minimum atomic E-state index is -0.117. The summed E-state index contributed by atoms with van der Waals surface area (Å²) in [5.41, 5.74) is 1.00. The number of rotatable bonds is 3. The normalized spacial score (nSPS) is 28.4. The maximum Gasteiger partial charge on any atom is 0.315 e. The first-order valence-corrected chi connectivity index (χ1v) is 9.12. The van der Waals surface area contributed by atoms with E-state index in [1.54, 1.807) is 0 Å². The van der Waals surface area contributed by atoms with Crippen molar-refractivity contribution in [3.8, 4) is 5.75 Å². The van der Waals surface area contributed by atoms with Crippen LogP contribution in [-0.4, -0.2) is 30.4 Å². The first kappa shape index (κ1) is 15.8. The molecule has 3 aliphatic rings. The number of hydrogen-bond donors (Lipinski definition) is 2. The van der Waals surface area contributed by atoms with Crippen molar-refractivity contribution < 1.29 is 14.3 Å². The molecule has 5 heteroatoms. The molecule has 1 aromatic carbocycles. The standard InChI is InChI=1S/C19H26N2O3/c1-13(16-8-4-11-23-16)20-18(22)21-15-12-19(9-5-10-19)24-17-7-3-2-6-14(15)17/h2-3,6-7,13,15-16H,4-5,8-12H2,1H3,(H2,20,21,22)/t13-,15-,16+/m0/s1. The van der Waals surface area contributed by atoms with Gasteiger partial charge in [0, 0.05) is 18.6 Å². The molecule has 24 heavy (non-hydrogen) atoms. The zero-order valence-electron chi connectivity index (χ0n) is 14.2. The Morgan fingerprint density at radius 3 is 2.83 bits per heavy atom. The molecule has 1 saturated carbocycles. The molecule has 0 unspecified atom stereocenters. The number of ether oxygens (including phenoxy) is 2. The molecule has 1 aliphatic carbocycles. The molecule has 2 heterocycles. The molecule has 2 fully saturated rings. The molecule has 3 atom stereocenters. The van der Waals surface area contributed by atoms with Crippen LogP contribution in [0.2, 0.25) is 0 Å². The van der Waals surface area contributed by atoms with Gasteiger partial charge in [0.25, 0.3) is 0 Å². The Hall–Kier alpha value is -1.75. The van der Waals surface area contributed by atoms with Gasteiger partial charge in [0.15, 0.2) is 0 Å². The molecule has 0 radical (unpaired) electrons. The lowest BCUT2D eigenvalue weighted by atomic mass is 9.73. The van der Waals surface area contributed by atoms with Crippen LogP contribution in [-0.2, 0) is 4.74 Å². The number of para-hydroxylation sites is 1. The number of urea groups is 1. The van der Waals surface area contributed by atoms with Crippen molar-refractivity contribution >= 4 is 6.03 Å². The van der Waals surface area contributed by atoms with Crippen molar-refractivity contribution in [2.24, 2.45) is 0 Å². The summed E-state index contributed by atoms with van der Waals surface area (Å²) < 4.78 is 11.9. The van der Waals surface area contributed by atoms with E-state index in [9.17, 15) is 4.79 Å². The van der Waals surface area contributed by atoms with Gasteiger partial charge in [0.1, 0.15) is 11.4 Å². The Balaban J connectivity index is 1.43. The minimum absolute atomic E-state index is 0.00643. The molecule has 2 aliphatic heterocycles. The van der Waals surface area contributed by atoms with E-state index in [0.29, 0.717) is 0 Å². The van der Waals surface area contributed by atoms with Crippen molar-refractivity contribution in [2.45, 2.75) is 69.2 Å². The molecule has 0 aromatic heterocycles. The summed E-state index contributed by atoms with van der Waals surface area (Å²) in [6.45, 7) is 2.81. The number of carbonyl (C=O) groups excluding carboxylic acids is 1. The lowest BCUT2D eigenvalue weighted by molar-refractivity contribution is -0.0356. The van der Waals surface area contributed by atoms with Crippen LogP contribution in [0.15, 0.2) is 24.3 Å². The van der Waals surface area contributed by atoms with Gasteiger partial charge in [-0.2, -0.15) is 0 Å². The van der Waals surface area contributed by atoms with E-state index < -0.39 is 0 Å². The van der Waals surface area contributed by atoms with Crippen LogP contribution in [0.5, 0.6) is 5.75 Å². The lowest BCUT2D eigenvalue weighted by Gasteiger charge is -2.48. The fraction of sp³-hybridized carbons (Fsp3) is 0.632. The van der Waals surface area contributed by atoms with Crippen LogP contribution >= 0.6 is 0 Å². The van der Waals surface area contributed by atoms with Gasteiger partial charge in [-0.3, -0.25) is 0 Å². The summed E-state index contributed by atoms with van der Waals surface area (Å²) in [6, 6.07) is 7.97. The highest BCUT2D eigenvalue weighted by Gasteiger charge is 2.45. The molecular formula is C19H26N2O3. The first-order chi connectivity index (χ1) is 11.7. The van der Waals surface area contributed by atoms with E-state index in [1.807, 2.05) is 25.1 Å². The highest BCUT2D eigenvalue weighted by Crippen LogP contribution is 2.48. The second-order valence-corrected chi connectivity index (χ2v) is 7.39. The zero-order chi connectivity index (χ0) is 16.6. The Bertz CT molecular complexity index is 608. The summed E-state index contributed by atoms with van der Waals surface area (Å²) in [5.74, 6) is 0.918. The molecule has 2 amide bonds. The summed E-state index contributed by atoms with van der Waals surface area (Å²) in [6.07, 6.45) is 6.44. The highest BCUT2D eigenvalue weighted by atomic mass is 16.5. The summed E-state index contributed by atoms with van der Waals surface area (Å²) in [4.78, 5) is 12.5. The topological polar surface area (TPSA) is 59.6 Å². The fourth-order valence-corrected chi connectivity index (χ4v) is 4.12. The number of fused-ring (bicyclic) bond motifs is 1. The second kappa shape index (κ2) is 6.28. The van der Waals surface area contributed by atoms with Gasteiger partial charge in [-0.05, 0) is 45.1 Å². The van der Waals surface area contributed by atoms with Crippen molar-refractivity contribution in [1.29, 1.82) is 0 Å². The van der Waals surface area contributed by atoms with Gasteiger partial charge in [0.05, 0.1) is 18.2 Å². The average Bonchev–Trinajstić information content (AvgIpc) is 3.07. The first-order valence-electron chi connectivity index (χ1n) is 9.12. The summed E-state index contributed by atoms with van der Waals surface area (Å²) in [5, 5.41) is 6.21. The molecule has 2 N–H and O–H groups in total. The number of amides is 2. The SMILES string of the molecule is C[C@H](NC(=O)N[C@H]1CC2(CCC2)Oc2ccccc21)[C@H]1CCCO1. The fourth-order valence-electron chi connectivity index (χ4n) is 4.12. The van der Waals surface area contributed by atoms with E-state index in [2.05, 4.69) is 16.7 Å². The van der Waals surface area contributed by atoms with E-state index >= 15 is 0 Å². The van der Waals surface area contributed by atoms with Crippen molar-refractivity contribution in [1.82, 2.24) is 10.6 Å². The third-order valence-electron chi connectivity index (χ3n) is 5.65. The van der Waals surface area contributed by atoms with Gasteiger partial charge in [-0.15, -0.1) is 0 Å². The van der Waals surface area contributed by atoms with Crippen LogP contribution in [0.3, 0.4) is 0 Å². The third-order valence-corrected chi connectivity index (χ3v) is 5.65. The monoisotopic (exact) mass is 330 g/mol. The summed E-state index contributed by atoms with van der Waals surface area (Å²) in [7, 11) is 0. The van der Waals surface area contributed by atoms with Crippen LogP contribution < -0.4 is 15.4 Å². The van der Waals surface area contributed by atoms with Gasteiger partial charge < -0.3 is 20.1 Å². The maximum absolute atomic E-state index is 12.5. The van der Waals surface area contributed by atoms with E-state index in [-0.39, 0.29) is 29.8 Å². The molecule has 1 aromatic rings. The predicted octanol–water partition coefficient (Wildman–Crippen LogP) is 3.30. The second-order valence-electron chi connectivity index (χ2n) is 7.39. The van der Waals surface area contributed by atoms with Crippen LogP contribution in [0.1, 0.15) is 57.1 Å². The third kappa shape index (κ3) is 2.97. The van der Waals surface area contributed by atoms with Gasteiger partial charge in [-0.25, -0.2) is 4.79 Å². The van der Waals surface area contributed by atoms with E-state index in [1.165, 1.54) is 6.42 Å². The molecule has 1 saturated heterocycles. The van der Waals surface area contributed by atoms with Crippen LogP contribution in [0, 0.1) is 0 Å². The van der Waals surface area contributed by atoms with Crippen molar-refractivity contribution in [3.63, 3.8) is 0 Å². The molecule has 0 bridgehead atoms. The van der Waals surface area contributed by atoms with Gasteiger partial charge >= 0.3 is 6.03 Å². The summed E-state index contributed by atoms with van der Waals surface area (Å²) >= 11 is 0. The van der Waals surface area contributed by atoms with Gasteiger partial charge in [-0.1, -0.05) is 18.2 Å². The van der Waals surface area contributed by atoms with E-state index in [4.69, 9.17) is 9.47 Å². The Morgan fingerprint density at radius 1 is 1.29 bits per heavy atom. The zero-order valence-corrected chi connectivity index (χ0v) is 14.2. The van der Waals surface area contributed by atoms with Crippen LogP contribution in [0.25, 0.3) is 0 Å². The Labute approximate surface area is 143 Å². The molecular weight excluding hydrogens is 304 g/mol. The molecule has 4 rings (SSSR count). The van der Waals surface area contributed by atoms with Crippen molar-refractivity contribution in [2.75, 3.05) is 6.61 Å². The number of carbonyl (C=O) groups is 1.